The van der Waals surface area contributed by atoms with Crippen molar-refractivity contribution in [3.8, 4) is 0 Å². The molecule has 1 aliphatic heterocycles. The Kier molecular flexibility index (Phi) is 5.81. The minimum absolute atomic E-state index is 0.394. The van der Waals surface area contributed by atoms with Gasteiger partial charge in [-0.2, -0.15) is 0 Å². The molecule has 2 atom stereocenters. The molecular formula is C11H22ClN. The highest BCUT2D eigenvalue weighted by Crippen LogP contribution is 2.16. The zero-order chi connectivity index (χ0) is 9.52. The van der Waals surface area contributed by atoms with E-state index in [2.05, 4.69) is 12.2 Å². The molecule has 0 aromatic rings. The Morgan fingerprint density at radius 1 is 1.38 bits per heavy atom. The molecule has 2 heteroatoms. The van der Waals surface area contributed by atoms with Gasteiger partial charge in [0.05, 0.1) is 0 Å². The first kappa shape index (κ1) is 11.3. The van der Waals surface area contributed by atoms with E-state index in [4.69, 9.17) is 11.6 Å². The van der Waals surface area contributed by atoms with Crippen molar-refractivity contribution in [3.63, 3.8) is 0 Å². The molecule has 1 aliphatic rings. The fourth-order valence-electron chi connectivity index (χ4n) is 1.93. The molecule has 78 valence electrons. The standard InChI is InChI=1S/C11H22ClN/c1-2-10(12)7-8-11-6-4-3-5-9-13-11/h10-11,13H,2-9H2,1H3. The van der Waals surface area contributed by atoms with Crippen LogP contribution in [-0.4, -0.2) is 18.0 Å². The van der Waals surface area contributed by atoms with Gasteiger partial charge in [-0.1, -0.05) is 19.8 Å². The Morgan fingerprint density at radius 2 is 2.23 bits per heavy atom. The van der Waals surface area contributed by atoms with Crippen LogP contribution in [0, 0.1) is 0 Å². The Balaban J connectivity index is 2.11. The molecule has 2 unspecified atom stereocenters. The lowest BCUT2D eigenvalue weighted by atomic mass is 10.0. The highest BCUT2D eigenvalue weighted by molar-refractivity contribution is 6.20. The largest absolute Gasteiger partial charge is 0.314 e. The van der Waals surface area contributed by atoms with Crippen LogP contribution in [0.3, 0.4) is 0 Å². The van der Waals surface area contributed by atoms with Crippen LogP contribution in [0.5, 0.6) is 0 Å². The number of halogens is 1. The number of rotatable bonds is 4. The Bertz CT molecular complexity index is 119. The topological polar surface area (TPSA) is 12.0 Å². The Morgan fingerprint density at radius 3 is 3.00 bits per heavy atom. The fraction of sp³-hybridized carbons (Fsp3) is 1.00. The second-order valence-corrected chi connectivity index (χ2v) is 4.70. The SMILES string of the molecule is CCC(Cl)CCC1CCCCCN1. The van der Waals surface area contributed by atoms with E-state index in [0.29, 0.717) is 5.38 Å². The van der Waals surface area contributed by atoms with Gasteiger partial charge >= 0.3 is 0 Å². The van der Waals surface area contributed by atoms with Crippen molar-refractivity contribution < 1.29 is 0 Å². The highest BCUT2D eigenvalue weighted by Gasteiger charge is 2.12. The molecular weight excluding hydrogens is 182 g/mol. The van der Waals surface area contributed by atoms with Gasteiger partial charge in [0, 0.05) is 11.4 Å². The van der Waals surface area contributed by atoms with E-state index in [0.717, 1.165) is 12.5 Å². The minimum atomic E-state index is 0.394. The lowest BCUT2D eigenvalue weighted by molar-refractivity contribution is 0.458. The molecule has 1 fully saturated rings. The highest BCUT2D eigenvalue weighted by atomic mass is 35.5. The summed E-state index contributed by atoms with van der Waals surface area (Å²) in [5.74, 6) is 0. The van der Waals surface area contributed by atoms with Crippen LogP contribution in [-0.2, 0) is 0 Å². The molecule has 1 N–H and O–H groups in total. The summed E-state index contributed by atoms with van der Waals surface area (Å²) in [6, 6.07) is 0.746. The van der Waals surface area contributed by atoms with Crippen LogP contribution in [0.2, 0.25) is 0 Å². The third-order valence-electron chi connectivity index (χ3n) is 2.93. The number of hydrogen-bond acceptors (Lipinski definition) is 1. The first-order valence-electron chi connectivity index (χ1n) is 5.70. The van der Waals surface area contributed by atoms with Gasteiger partial charge < -0.3 is 5.32 Å². The average molecular weight is 204 g/mol. The van der Waals surface area contributed by atoms with E-state index in [-0.39, 0.29) is 0 Å². The first-order valence-corrected chi connectivity index (χ1v) is 6.14. The zero-order valence-corrected chi connectivity index (χ0v) is 9.45. The van der Waals surface area contributed by atoms with Gasteiger partial charge in [0.1, 0.15) is 0 Å². The van der Waals surface area contributed by atoms with Crippen molar-refractivity contribution in [1.82, 2.24) is 5.32 Å². The second kappa shape index (κ2) is 6.67. The third kappa shape index (κ3) is 4.87. The maximum atomic E-state index is 6.10. The normalized spacial score (nSPS) is 26.8. The van der Waals surface area contributed by atoms with E-state index < -0.39 is 0 Å². The van der Waals surface area contributed by atoms with Crippen LogP contribution in [0.4, 0.5) is 0 Å². The summed E-state index contributed by atoms with van der Waals surface area (Å²) < 4.78 is 0. The van der Waals surface area contributed by atoms with Crippen molar-refractivity contribution in [2.45, 2.75) is 63.3 Å². The molecule has 0 spiro atoms. The van der Waals surface area contributed by atoms with E-state index in [1.54, 1.807) is 0 Å². The van der Waals surface area contributed by atoms with Crippen LogP contribution < -0.4 is 5.32 Å². The second-order valence-electron chi connectivity index (χ2n) is 4.08. The first-order chi connectivity index (χ1) is 6.33. The maximum absolute atomic E-state index is 6.10. The molecule has 0 saturated carbocycles. The molecule has 0 radical (unpaired) electrons. The van der Waals surface area contributed by atoms with Crippen LogP contribution in [0.15, 0.2) is 0 Å². The molecule has 0 aliphatic carbocycles. The minimum Gasteiger partial charge on any atom is -0.314 e. The Labute approximate surface area is 87.2 Å². The van der Waals surface area contributed by atoms with E-state index in [1.807, 2.05) is 0 Å². The van der Waals surface area contributed by atoms with Gasteiger partial charge in [-0.15, -0.1) is 11.6 Å². The summed E-state index contributed by atoms with van der Waals surface area (Å²) in [6.07, 6.45) is 9.06. The van der Waals surface area contributed by atoms with E-state index in [1.165, 1.54) is 45.1 Å². The van der Waals surface area contributed by atoms with Crippen LogP contribution >= 0.6 is 11.6 Å². The van der Waals surface area contributed by atoms with Gasteiger partial charge in [-0.05, 0) is 38.6 Å². The van der Waals surface area contributed by atoms with Gasteiger partial charge in [0.15, 0.2) is 0 Å². The van der Waals surface area contributed by atoms with Crippen molar-refractivity contribution in [2.24, 2.45) is 0 Å². The quantitative estimate of drug-likeness (QED) is 0.692. The molecule has 1 saturated heterocycles. The molecule has 1 rings (SSSR count). The summed E-state index contributed by atoms with van der Waals surface area (Å²) >= 11 is 6.10. The van der Waals surface area contributed by atoms with Gasteiger partial charge in [0.2, 0.25) is 0 Å². The molecule has 0 amide bonds. The maximum Gasteiger partial charge on any atom is 0.0334 e. The van der Waals surface area contributed by atoms with Crippen LogP contribution in [0.1, 0.15) is 51.9 Å². The van der Waals surface area contributed by atoms with Gasteiger partial charge in [0.25, 0.3) is 0 Å². The smallest absolute Gasteiger partial charge is 0.0334 e. The summed E-state index contributed by atoms with van der Waals surface area (Å²) in [6.45, 7) is 3.38. The summed E-state index contributed by atoms with van der Waals surface area (Å²) in [4.78, 5) is 0. The van der Waals surface area contributed by atoms with Crippen molar-refractivity contribution in [1.29, 1.82) is 0 Å². The van der Waals surface area contributed by atoms with Crippen molar-refractivity contribution >= 4 is 11.6 Å². The molecule has 0 aromatic carbocycles. The summed E-state index contributed by atoms with van der Waals surface area (Å²) in [7, 11) is 0. The molecule has 13 heavy (non-hydrogen) atoms. The number of hydrogen-bond donors (Lipinski definition) is 1. The molecule has 0 aromatic heterocycles. The Hall–Kier alpha value is 0.250. The zero-order valence-electron chi connectivity index (χ0n) is 8.69. The van der Waals surface area contributed by atoms with E-state index >= 15 is 0 Å². The molecule has 1 nitrogen and oxygen atoms in total. The van der Waals surface area contributed by atoms with Crippen molar-refractivity contribution in [2.75, 3.05) is 6.54 Å². The number of alkyl halides is 1. The summed E-state index contributed by atoms with van der Waals surface area (Å²) in [5, 5.41) is 4.00. The van der Waals surface area contributed by atoms with Gasteiger partial charge in [-0.25, -0.2) is 0 Å². The average Bonchev–Trinajstić information content (AvgIpc) is 2.42. The summed E-state index contributed by atoms with van der Waals surface area (Å²) in [5.41, 5.74) is 0. The lowest BCUT2D eigenvalue weighted by Crippen LogP contribution is -2.28. The third-order valence-corrected chi connectivity index (χ3v) is 3.46. The van der Waals surface area contributed by atoms with Crippen LogP contribution in [0.25, 0.3) is 0 Å². The lowest BCUT2D eigenvalue weighted by Gasteiger charge is -2.16. The predicted octanol–water partition coefficient (Wildman–Crippen LogP) is 3.32. The van der Waals surface area contributed by atoms with Crippen molar-refractivity contribution in [3.05, 3.63) is 0 Å². The predicted molar refractivity (Wildman–Crippen MR) is 59.4 cm³/mol. The fourth-order valence-corrected chi connectivity index (χ4v) is 2.06. The molecule has 1 heterocycles. The monoisotopic (exact) mass is 203 g/mol. The number of nitrogens with one attached hydrogen (secondary N) is 1. The molecule has 0 bridgehead atoms. The van der Waals surface area contributed by atoms with Gasteiger partial charge in [-0.3, -0.25) is 0 Å². The van der Waals surface area contributed by atoms with E-state index in [9.17, 15) is 0 Å².